The molecule has 0 atom stereocenters. The molecule has 60 heavy (non-hydrogen) atoms. The second-order valence-electron chi connectivity index (χ2n) is 16.2. The standard InChI is InChI=1S/C54H31N5O/c1-54(2)43-16-8-4-14-36(43)52-44(54)21-23-48-53(52)37-15-6-10-18-47(37)58(48)32-20-22-45(57-3)39(25-32)38-26-33(24-31(29-55)42(38)30-56)59-46-17-9-5-12-34(46)40-27-41-35-13-7-11-19-50(35)60-51(41)28-49(40)59/h4-28H,1-2H3. The fourth-order valence-corrected chi connectivity index (χ4v) is 10.1. The fraction of sp³-hybridized carbons (Fsp3) is 0.0556. The van der Waals surface area contributed by atoms with Crippen LogP contribution < -0.4 is 0 Å². The number of hydrogen-bond donors (Lipinski definition) is 0. The van der Waals surface area contributed by atoms with Gasteiger partial charge in [0.2, 0.25) is 0 Å². The second-order valence-corrected chi connectivity index (χ2v) is 16.2. The highest BCUT2D eigenvalue weighted by molar-refractivity contribution is 6.19. The molecule has 0 unspecified atom stereocenters. The first-order valence-corrected chi connectivity index (χ1v) is 19.9. The number of rotatable bonds is 3. The van der Waals surface area contributed by atoms with Crippen molar-refractivity contribution in [3.05, 3.63) is 185 Å². The Kier molecular flexibility index (Phi) is 6.79. The Morgan fingerprint density at radius 1 is 0.533 bits per heavy atom. The van der Waals surface area contributed by atoms with Gasteiger partial charge in [0.15, 0.2) is 5.69 Å². The van der Waals surface area contributed by atoms with E-state index in [9.17, 15) is 10.5 Å². The molecule has 1 aliphatic rings. The zero-order valence-electron chi connectivity index (χ0n) is 32.6. The zero-order valence-corrected chi connectivity index (χ0v) is 32.6. The molecule has 6 heteroatoms. The summed E-state index contributed by atoms with van der Waals surface area (Å²) in [7, 11) is 0. The number of para-hydroxylation sites is 3. The van der Waals surface area contributed by atoms with E-state index in [1.165, 1.54) is 27.6 Å². The predicted molar refractivity (Wildman–Crippen MR) is 241 cm³/mol. The lowest BCUT2D eigenvalue weighted by Gasteiger charge is -2.21. The van der Waals surface area contributed by atoms with Gasteiger partial charge < -0.3 is 13.6 Å². The van der Waals surface area contributed by atoms with E-state index in [2.05, 4.69) is 131 Å². The molecule has 12 rings (SSSR count). The van der Waals surface area contributed by atoms with Crippen molar-refractivity contribution in [3.8, 4) is 45.8 Å². The number of furan rings is 1. The minimum Gasteiger partial charge on any atom is -0.456 e. The number of hydrogen-bond acceptors (Lipinski definition) is 3. The molecule has 0 aliphatic heterocycles. The average molecular weight is 766 g/mol. The monoisotopic (exact) mass is 765 g/mol. The van der Waals surface area contributed by atoms with Crippen molar-refractivity contribution < 1.29 is 4.42 Å². The van der Waals surface area contributed by atoms with Crippen LogP contribution in [0.25, 0.3) is 104 Å². The molecule has 0 fully saturated rings. The van der Waals surface area contributed by atoms with Gasteiger partial charge in [-0.2, -0.15) is 10.5 Å². The normalized spacial score (nSPS) is 12.9. The van der Waals surface area contributed by atoms with E-state index in [1.54, 1.807) is 6.07 Å². The minimum atomic E-state index is -0.153. The Hall–Kier alpha value is -8.37. The summed E-state index contributed by atoms with van der Waals surface area (Å²) in [6.07, 6.45) is 0. The van der Waals surface area contributed by atoms with Gasteiger partial charge in [0.25, 0.3) is 0 Å². The van der Waals surface area contributed by atoms with Crippen LogP contribution in [0.4, 0.5) is 5.69 Å². The van der Waals surface area contributed by atoms with Crippen molar-refractivity contribution in [1.82, 2.24) is 9.13 Å². The zero-order chi connectivity index (χ0) is 40.4. The molecule has 0 saturated carbocycles. The van der Waals surface area contributed by atoms with E-state index in [0.29, 0.717) is 22.5 Å². The van der Waals surface area contributed by atoms with Crippen LogP contribution in [0.1, 0.15) is 36.1 Å². The highest BCUT2D eigenvalue weighted by atomic mass is 16.3. The van der Waals surface area contributed by atoms with Gasteiger partial charge in [-0.3, -0.25) is 0 Å². The van der Waals surface area contributed by atoms with Crippen molar-refractivity contribution in [1.29, 1.82) is 10.5 Å². The smallest absolute Gasteiger partial charge is 0.195 e. The molecule has 6 nitrogen and oxygen atoms in total. The van der Waals surface area contributed by atoms with Gasteiger partial charge in [0.05, 0.1) is 39.8 Å². The maximum absolute atomic E-state index is 10.8. The summed E-state index contributed by atoms with van der Waals surface area (Å²) in [4.78, 5) is 3.99. The molecule has 11 aromatic rings. The molecule has 1 aliphatic carbocycles. The van der Waals surface area contributed by atoms with Crippen molar-refractivity contribution in [2.75, 3.05) is 0 Å². The Morgan fingerprint density at radius 2 is 1.23 bits per heavy atom. The lowest BCUT2D eigenvalue weighted by Crippen LogP contribution is -2.14. The summed E-state index contributed by atoms with van der Waals surface area (Å²) >= 11 is 0. The summed E-state index contributed by atoms with van der Waals surface area (Å²) < 4.78 is 10.8. The van der Waals surface area contributed by atoms with Crippen LogP contribution in [0.2, 0.25) is 0 Å². The molecule has 0 spiro atoms. The van der Waals surface area contributed by atoms with E-state index in [0.717, 1.165) is 65.9 Å². The van der Waals surface area contributed by atoms with Crippen LogP contribution in [0, 0.1) is 29.2 Å². The molecule has 0 N–H and O–H groups in total. The van der Waals surface area contributed by atoms with Crippen molar-refractivity contribution in [3.63, 3.8) is 0 Å². The predicted octanol–water partition coefficient (Wildman–Crippen LogP) is 14.0. The number of aromatic nitrogens is 2. The van der Waals surface area contributed by atoms with Crippen LogP contribution in [0.15, 0.2) is 156 Å². The van der Waals surface area contributed by atoms with Gasteiger partial charge in [-0.15, -0.1) is 0 Å². The maximum atomic E-state index is 10.8. The molecule has 278 valence electrons. The van der Waals surface area contributed by atoms with E-state index in [4.69, 9.17) is 11.0 Å². The average Bonchev–Trinajstić information content (AvgIpc) is 3.99. The Balaban J connectivity index is 1.13. The third-order valence-corrected chi connectivity index (χ3v) is 12.8. The number of benzene rings is 8. The molecule has 0 amide bonds. The first-order valence-electron chi connectivity index (χ1n) is 19.9. The minimum absolute atomic E-state index is 0.153. The summed E-state index contributed by atoms with van der Waals surface area (Å²) in [6.45, 7) is 12.9. The Bertz CT molecular complexity index is 3850. The summed E-state index contributed by atoms with van der Waals surface area (Å²) in [5.74, 6) is 0. The van der Waals surface area contributed by atoms with Gasteiger partial charge >= 0.3 is 0 Å². The highest BCUT2D eigenvalue weighted by Crippen LogP contribution is 2.53. The fourth-order valence-electron chi connectivity index (χ4n) is 10.1. The third kappa shape index (κ3) is 4.38. The molecular weight excluding hydrogens is 735 g/mol. The van der Waals surface area contributed by atoms with Gasteiger partial charge in [-0.05, 0) is 88.0 Å². The lowest BCUT2D eigenvalue weighted by atomic mass is 9.82. The molecule has 3 heterocycles. The van der Waals surface area contributed by atoms with Crippen molar-refractivity contribution >= 4 is 71.2 Å². The van der Waals surface area contributed by atoms with E-state index in [1.807, 2.05) is 54.6 Å². The quantitative estimate of drug-likeness (QED) is 0.168. The lowest BCUT2D eigenvalue weighted by molar-refractivity contribution is 0.661. The van der Waals surface area contributed by atoms with Crippen LogP contribution in [-0.4, -0.2) is 9.13 Å². The molecule has 0 bridgehead atoms. The van der Waals surface area contributed by atoms with Crippen molar-refractivity contribution in [2.45, 2.75) is 19.3 Å². The van der Waals surface area contributed by atoms with Crippen LogP contribution in [0.5, 0.6) is 0 Å². The summed E-state index contributed by atoms with van der Waals surface area (Å²) in [5, 5.41) is 27.9. The van der Waals surface area contributed by atoms with Gasteiger partial charge in [-0.1, -0.05) is 105 Å². The topological polar surface area (TPSA) is 74.9 Å². The van der Waals surface area contributed by atoms with Crippen molar-refractivity contribution in [2.24, 2.45) is 0 Å². The molecule has 0 saturated heterocycles. The largest absolute Gasteiger partial charge is 0.456 e. The van der Waals surface area contributed by atoms with Crippen LogP contribution in [0.3, 0.4) is 0 Å². The highest BCUT2D eigenvalue weighted by Gasteiger charge is 2.37. The van der Waals surface area contributed by atoms with Gasteiger partial charge in [-0.25, -0.2) is 4.85 Å². The van der Waals surface area contributed by atoms with E-state index in [-0.39, 0.29) is 16.5 Å². The SMILES string of the molecule is [C-]#[N+]c1ccc(-n2c3ccccc3c3c4c(ccc32)C(C)(C)c2ccccc2-4)cc1-c1cc(-n2c3ccccc3c3cc4c(cc32)oc2ccccc24)cc(C#N)c1C#N. The first kappa shape index (κ1) is 33.7. The van der Waals surface area contributed by atoms with E-state index < -0.39 is 0 Å². The summed E-state index contributed by atoms with van der Waals surface area (Å²) in [5.41, 5.74) is 14.0. The van der Waals surface area contributed by atoms with Gasteiger partial charge in [0.1, 0.15) is 23.3 Å². The van der Waals surface area contributed by atoms with Crippen LogP contribution in [-0.2, 0) is 5.41 Å². The van der Waals surface area contributed by atoms with Gasteiger partial charge in [0, 0.05) is 55.2 Å². The number of fused-ring (bicyclic) bond motifs is 13. The molecule has 0 radical (unpaired) electrons. The molecule has 3 aromatic heterocycles. The Morgan fingerprint density at radius 3 is 2.03 bits per heavy atom. The molecule has 8 aromatic carbocycles. The molecular formula is C54H31N5O. The first-order chi connectivity index (χ1) is 29.4. The summed E-state index contributed by atoms with van der Waals surface area (Å²) in [6, 6.07) is 56.5. The van der Waals surface area contributed by atoms with E-state index >= 15 is 0 Å². The number of nitrogens with zero attached hydrogens (tertiary/aromatic N) is 5. The second kappa shape index (κ2) is 12.1. The Labute approximate surface area is 344 Å². The third-order valence-electron chi connectivity index (χ3n) is 12.8. The van der Waals surface area contributed by atoms with Crippen LogP contribution >= 0.6 is 0 Å². The number of nitriles is 2. The maximum Gasteiger partial charge on any atom is 0.195 e.